The summed E-state index contributed by atoms with van der Waals surface area (Å²) in [5.41, 5.74) is 4.12. The fraction of sp³-hybridized carbons (Fsp3) is 0.692. The van der Waals surface area contributed by atoms with Crippen LogP contribution in [-0.4, -0.2) is 58.5 Å². The molecule has 0 aromatic carbocycles. The Labute approximate surface area is 133 Å². The summed E-state index contributed by atoms with van der Waals surface area (Å²) in [6.07, 6.45) is -0.623. The van der Waals surface area contributed by atoms with Crippen molar-refractivity contribution in [2.75, 3.05) is 7.11 Å². The monoisotopic (exact) mass is 336 g/mol. The van der Waals surface area contributed by atoms with E-state index in [0.29, 0.717) is 0 Å². The average molecular weight is 336 g/mol. The van der Waals surface area contributed by atoms with E-state index in [0.717, 1.165) is 0 Å². The second-order valence-electron chi connectivity index (χ2n) is 5.96. The highest BCUT2D eigenvalue weighted by Crippen LogP contribution is 2.12. The van der Waals surface area contributed by atoms with Gasteiger partial charge in [0.25, 0.3) is 0 Å². The first-order valence-corrected chi connectivity index (χ1v) is 6.45. The lowest BCUT2D eigenvalue weighted by Crippen LogP contribution is -2.60. The molecule has 1 unspecified atom stereocenters. The first kappa shape index (κ1) is 22.9. The molecule has 23 heavy (non-hydrogen) atoms. The van der Waals surface area contributed by atoms with Crippen LogP contribution in [0, 0.1) is 0 Å². The number of aliphatic carboxylic acids is 2. The van der Waals surface area contributed by atoms with E-state index < -0.39 is 41.2 Å². The Morgan fingerprint density at radius 3 is 1.65 bits per heavy atom. The van der Waals surface area contributed by atoms with Gasteiger partial charge in [0.2, 0.25) is 0 Å². The smallest absolute Gasteiger partial charge is 0.414 e. The van der Waals surface area contributed by atoms with Crippen molar-refractivity contribution in [3.63, 3.8) is 0 Å². The molecule has 0 radical (unpaired) electrons. The van der Waals surface area contributed by atoms with Crippen molar-refractivity contribution in [1.82, 2.24) is 5.32 Å². The van der Waals surface area contributed by atoms with Gasteiger partial charge in [0.15, 0.2) is 0 Å². The molecule has 0 aromatic rings. The zero-order valence-electron chi connectivity index (χ0n) is 14.0. The molecule has 0 fully saturated rings. The van der Waals surface area contributed by atoms with E-state index >= 15 is 0 Å². The summed E-state index contributed by atoms with van der Waals surface area (Å²) >= 11 is 0. The van der Waals surface area contributed by atoms with Crippen LogP contribution in [0.15, 0.2) is 0 Å². The molecule has 1 atom stereocenters. The maximum Gasteiger partial charge on any atom is 0.414 e. The summed E-state index contributed by atoms with van der Waals surface area (Å²) < 4.78 is 9.60. The lowest BCUT2D eigenvalue weighted by Gasteiger charge is -2.31. The zero-order chi connectivity index (χ0) is 19.0. The quantitative estimate of drug-likeness (QED) is 0.408. The van der Waals surface area contributed by atoms with E-state index in [1.165, 1.54) is 7.11 Å². The predicted octanol–water partition coefficient (Wildman–Crippen LogP) is -0.0544. The second-order valence-corrected chi connectivity index (χ2v) is 5.96. The molecule has 10 heteroatoms. The first-order valence-electron chi connectivity index (χ1n) is 6.45. The van der Waals surface area contributed by atoms with Gasteiger partial charge in [-0.1, -0.05) is 0 Å². The molecule has 0 spiro atoms. The highest BCUT2D eigenvalue weighted by molar-refractivity contribution is 6.27. The minimum Gasteiger partial charge on any atom is -0.473 e. The van der Waals surface area contributed by atoms with Crippen LogP contribution in [0.1, 0.15) is 34.6 Å². The molecule has 10 nitrogen and oxygen atoms in total. The van der Waals surface area contributed by atoms with Crippen LogP contribution >= 0.6 is 0 Å². The number of carbonyl (C=O) groups excluding carboxylic acids is 2. The summed E-state index contributed by atoms with van der Waals surface area (Å²) in [6, 6.07) is -0.958. The molecule has 134 valence electrons. The van der Waals surface area contributed by atoms with Crippen LogP contribution in [-0.2, 0) is 23.9 Å². The molecule has 5 N–H and O–H groups in total. The van der Waals surface area contributed by atoms with Gasteiger partial charge in [-0.15, -0.1) is 0 Å². The number of esters is 1. The van der Waals surface area contributed by atoms with E-state index in [2.05, 4.69) is 10.1 Å². The zero-order valence-corrected chi connectivity index (χ0v) is 14.0. The van der Waals surface area contributed by atoms with Gasteiger partial charge in [-0.25, -0.2) is 14.4 Å². The third kappa shape index (κ3) is 10.9. The van der Waals surface area contributed by atoms with Crippen molar-refractivity contribution in [3.8, 4) is 0 Å². The maximum atomic E-state index is 11.5. The number of carbonyl (C=O) groups is 4. The fourth-order valence-electron chi connectivity index (χ4n) is 1.07. The van der Waals surface area contributed by atoms with Crippen LogP contribution in [0.3, 0.4) is 0 Å². The van der Waals surface area contributed by atoms with E-state index in [9.17, 15) is 9.59 Å². The molecule has 0 bridgehead atoms. The number of alkyl carbamates (subject to hydrolysis) is 1. The standard InChI is InChI=1S/C11H22N2O4.C2H2O4/c1-10(2,3)17-9(15)13-11(4,5)7(12)8(14)16-6;3-1(4)2(5)6/h7H,12H2,1-6H3,(H,13,15);(H,3,4)(H,5,6). The van der Waals surface area contributed by atoms with Crippen LogP contribution in [0.25, 0.3) is 0 Å². The summed E-state index contributed by atoms with van der Waals surface area (Å²) in [6.45, 7) is 8.50. The Bertz CT molecular complexity index is 441. The van der Waals surface area contributed by atoms with Crippen molar-refractivity contribution >= 4 is 24.0 Å². The predicted molar refractivity (Wildman–Crippen MR) is 78.7 cm³/mol. The van der Waals surface area contributed by atoms with Crippen molar-refractivity contribution in [2.45, 2.75) is 51.8 Å². The highest BCUT2D eigenvalue weighted by Gasteiger charge is 2.35. The molecule has 0 aliphatic carbocycles. The number of methoxy groups -OCH3 is 1. The fourth-order valence-corrected chi connectivity index (χ4v) is 1.07. The molecule has 0 aromatic heterocycles. The molecular formula is C13H24N2O8. The summed E-state index contributed by atoms with van der Waals surface area (Å²) in [5, 5.41) is 17.3. The number of rotatable bonds is 3. The Morgan fingerprint density at radius 1 is 1.00 bits per heavy atom. The Morgan fingerprint density at radius 2 is 1.39 bits per heavy atom. The minimum absolute atomic E-state index is 0.592. The van der Waals surface area contributed by atoms with Gasteiger partial charge in [0.1, 0.15) is 11.6 Å². The van der Waals surface area contributed by atoms with Crippen LogP contribution in [0.5, 0.6) is 0 Å². The van der Waals surface area contributed by atoms with Crippen LogP contribution in [0.4, 0.5) is 4.79 Å². The first-order chi connectivity index (χ1) is 10.1. The van der Waals surface area contributed by atoms with E-state index in [-0.39, 0.29) is 0 Å². The minimum atomic E-state index is -1.82. The number of hydrogen-bond donors (Lipinski definition) is 4. The number of ether oxygens (including phenoxy) is 2. The lowest BCUT2D eigenvalue weighted by molar-refractivity contribution is -0.159. The van der Waals surface area contributed by atoms with Gasteiger partial charge in [0, 0.05) is 0 Å². The number of hydrogen-bond acceptors (Lipinski definition) is 7. The van der Waals surface area contributed by atoms with Gasteiger partial charge >= 0.3 is 24.0 Å². The molecule has 0 rings (SSSR count). The summed E-state index contributed by atoms with van der Waals surface area (Å²) in [4.78, 5) is 41.0. The largest absolute Gasteiger partial charge is 0.473 e. The average Bonchev–Trinajstić information content (AvgIpc) is 2.34. The van der Waals surface area contributed by atoms with Gasteiger partial charge in [-0.05, 0) is 34.6 Å². The Balaban J connectivity index is 0. The molecule has 0 aliphatic rings. The van der Waals surface area contributed by atoms with E-state index in [4.69, 9.17) is 30.3 Å². The normalized spacial score (nSPS) is 12.1. The number of nitrogens with two attached hydrogens (primary N) is 1. The topological polar surface area (TPSA) is 165 Å². The SMILES string of the molecule is COC(=O)C(N)C(C)(C)NC(=O)OC(C)(C)C.O=C(O)C(=O)O. The molecule has 0 saturated heterocycles. The van der Waals surface area contributed by atoms with Gasteiger partial charge in [-0.3, -0.25) is 4.79 Å². The Hall–Kier alpha value is -2.36. The van der Waals surface area contributed by atoms with Crippen molar-refractivity contribution in [3.05, 3.63) is 0 Å². The summed E-state index contributed by atoms with van der Waals surface area (Å²) in [7, 11) is 1.24. The van der Waals surface area contributed by atoms with Crippen molar-refractivity contribution in [1.29, 1.82) is 0 Å². The highest BCUT2D eigenvalue weighted by atomic mass is 16.6. The number of amides is 1. The van der Waals surface area contributed by atoms with Gasteiger partial charge < -0.3 is 30.7 Å². The lowest BCUT2D eigenvalue weighted by atomic mass is 9.95. The maximum absolute atomic E-state index is 11.5. The molecule has 1 amide bonds. The van der Waals surface area contributed by atoms with Crippen molar-refractivity contribution in [2.24, 2.45) is 5.73 Å². The van der Waals surface area contributed by atoms with Crippen LogP contribution in [0.2, 0.25) is 0 Å². The molecule has 0 aliphatic heterocycles. The van der Waals surface area contributed by atoms with E-state index in [1.54, 1.807) is 34.6 Å². The number of nitrogens with one attached hydrogen (secondary N) is 1. The Kier molecular flexibility index (Phi) is 8.90. The number of carboxylic acid groups (broad SMARTS) is 2. The number of carboxylic acids is 2. The second kappa shape index (κ2) is 8.93. The van der Waals surface area contributed by atoms with Gasteiger partial charge in [-0.2, -0.15) is 0 Å². The molecular weight excluding hydrogens is 312 g/mol. The third-order valence-corrected chi connectivity index (χ3v) is 2.24. The molecule has 0 saturated carbocycles. The van der Waals surface area contributed by atoms with Crippen molar-refractivity contribution < 1.29 is 38.9 Å². The summed E-state index contributed by atoms with van der Waals surface area (Å²) in [5.74, 6) is -4.24. The third-order valence-electron chi connectivity index (χ3n) is 2.24. The van der Waals surface area contributed by atoms with Gasteiger partial charge in [0.05, 0.1) is 12.6 Å². The van der Waals surface area contributed by atoms with E-state index in [1.807, 2.05) is 0 Å². The van der Waals surface area contributed by atoms with Crippen LogP contribution < -0.4 is 11.1 Å². The molecule has 0 heterocycles.